The van der Waals surface area contributed by atoms with Crippen LogP contribution in [0.1, 0.15) is 0 Å². The van der Waals surface area contributed by atoms with Crippen molar-refractivity contribution in [2.45, 2.75) is 9.79 Å². The summed E-state index contributed by atoms with van der Waals surface area (Å²) in [4.78, 5) is 2.82. The van der Waals surface area contributed by atoms with E-state index in [1.807, 2.05) is 4.72 Å². The SMILES string of the molecule is CS(=O)c1ccc2c(S(=O)(=O)Nc3cc(F)c(Cl)cc3F)c[nH]c2c1Cl. The number of hydrogen-bond acceptors (Lipinski definition) is 3. The molecule has 2 aromatic carbocycles. The van der Waals surface area contributed by atoms with E-state index >= 15 is 0 Å². The van der Waals surface area contributed by atoms with Crippen molar-refractivity contribution in [3.8, 4) is 0 Å². The Morgan fingerprint density at radius 3 is 2.50 bits per heavy atom. The van der Waals surface area contributed by atoms with Crippen LogP contribution < -0.4 is 4.72 Å². The number of fused-ring (bicyclic) bond motifs is 1. The van der Waals surface area contributed by atoms with Crippen LogP contribution >= 0.6 is 23.2 Å². The summed E-state index contributed by atoms with van der Waals surface area (Å²) >= 11 is 11.6. The number of sulfonamides is 1. The molecule has 3 aromatic rings. The summed E-state index contributed by atoms with van der Waals surface area (Å²) in [6.07, 6.45) is 2.60. The molecule has 26 heavy (non-hydrogen) atoms. The molecule has 1 atom stereocenters. The fourth-order valence-electron chi connectivity index (χ4n) is 2.36. The van der Waals surface area contributed by atoms with Crippen molar-refractivity contribution in [2.24, 2.45) is 0 Å². The summed E-state index contributed by atoms with van der Waals surface area (Å²) in [5.74, 6) is -2.00. The first-order valence-corrected chi connectivity index (χ1v) is 10.7. The lowest BCUT2D eigenvalue weighted by molar-refractivity contribution is 0.595. The first-order valence-electron chi connectivity index (χ1n) is 6.92. The van der Waals surface area contributed by atoms with Crippen LogP contribution in [0.4, 0.5) is 14.5 Å². The number of aromatic amines is 1. The summed E-state index contributed by atoms with van der Waals surface area (Å²) in [5.41, 5.74) is -0.318. The van der Waals surface area contributed by atoms with Gasteiger partial charge in [0.15, 0.2) is 0 Å². The number of H-pyrrole nitrogens is 1. The third-order valence-electron chi connectivity index (χ3n) is 3.57. The van der Waals surface area contributed by atoms with Gasteiger partial charge in [-0.2, -0.15) is 0 Å². The third-order valence-corrected chi connectivity index (χ3v) is 6.73. The van der Waals surface area contributed by atoms with Crippen molar-refractivity contribution >= 4 is 60.6 Å². The van der Waals surface area contributed by atoms with E-state index in [-0.39, 0.29) is 20.8 Å². The molecule has 0 fully saturated rings. The van der Waals surface area contributed by atoms with Crippen molar-refractivity contribution < 1.29 is 21.4 Å². The zero-order valence-electron chi connectivity index (χ0n) is 12.9. The largest absolute Gasteiger partial charge is 0.359 e. The summed E-state index contributed by atoms with van der Waals surface area (Å²) in [7, 11) is -5.63. The zero-order chi connectivity index (χ0) is 19.2. The number of halogens is 4. The van der Waals surface area contributed by atoms with Crippen molar-refractivity contribution in [3.05, 3.63) is 52.1 Å². The lowest BCUT2D eigenvalue weighted by Crippen LogP contribution is -2.14. The van der Waals surface area contributed by atoms with Crippen molar-refractivity contribution in [1.82, 2.24) is 4.98 Å². The van der Waals surface area contributed by atoms with E-state index in [4.69, 9.17) is 23.2 Å². The lowest BCUT2D eigenvalue weighted by atomic mass is 10.2. The number of rotatable bonds is 4. The molecule has 11 heteroatoms. The quantitative estimate of drug-likeness (QED) is 0.596. The van der Waals surface area contributed by atoms with Crippen molar-refractivity contribution in [1.29, 1.82) is 0 Å². The highest BCUT2D eigenvalue weighted by Gasteiger charge is 2.23. The molecule has 1 heterocycles. The molecule has 0 aliphatic heterocycles. The van der Waals surface area contributed by atoms with Crippen LogP contribution in [0, 0.1) is 11.6 Å². The number of anilines is 1. The Labute approximate surface area is 159 Å². The Morgan fingerprint density at radius 1 is 1.15 bits per heavy atom. The van der Waals surface area contributed by atoms with Gasteiger partial charge >= 0.3 is 0 Å². The maximum absolute atomic E-state index is 13.9. The molecule has 0 radical (unpaired) electrons. The zero-order valence-corrected chi connectivity index (χ0v) is 16.1. The monoisotopic (exact) mass is 438 g/mol. The second-order valence-corrected chi connectivity index (χ2v) is 9.04. The van der Waals surface area contributed by atoms with E-state index in [1.165, 1.54) is 18.4 Å². The molecule has 0 bridgehead atoms. The minimum Gasteiger partial charge on any atom is -0.359 e. The normalized spacial score (nSPS) is 13.1. The van der Waals surface area contributed by atoms with E-state index in [0.717, 1.165) is 6.20 Å². The summed E-state index contributed by atoms with van der Waals surface area (Å²) in [6, 6.07) is 4.19. The first-order chi connectivity index (χ1) is 12.1. The van der Waals surface area contributed by atoms with Crippen LogP contribution in [-0.2, 0) is 20.8 Å². The van der Waals surface area contributed by atoms with Gasteiger partial charge in [0.05, 0.1) is 36.9 Å². The highest BCUT2D eigenvalue weighted by atomic mass is 35.5. The van der Waals surface area contributed by atoms with Gasteiger partial charge < -0.3 is 4.98 Å². The Balaban J connectivity index is 2.10. The summed E-state index contributed by atoms with van der Waals surface area (Å²) < 4.78 is 66.2. The van der Waals surface area contributed by atoms with Crippen molar-refractivity contribution in [2.75, 3.05) is 11.0 Å². The van der Waals surface area contributed by atoms with E-state index in [0.29, 0.717) is 17.0 Å². The standard InChI is InChI=1S/C15H10Cl2F2N2O3S2/c1-25(22)12-3-2-7-13(6-20-15(7)14(12)17)26(23,24)21-11-5-9(18)8(16)4-10(11)19/h2-6,20-21H,1H3. The molecule has 3 rings (SSSR count). The second kappa shape index (κ2) is 6.80. The van der Waals surface area contributed by atoms with Gasteiger partial charge in [-0.05, 0) is 12.1 Å². The Morgan fingerprint density at radius 2 is 1.85 bits per heavy atom. The Hall–Kier alpha value is -1.68. The summed E-state index contributed by atoms with van der Waals surface area (Å²) in [6.45, 7) is 0. The molecule has 138 valence electrons. The van der Waals surface area contributed by atoms with Gasteiger partial charge in [0, 0.05) is 23.9 Å². The van der Waals surface area contributed by atoms with Gasteiger partial charge in [-0.1, -0.05) is 29.3 Å². The second-order valence-electron chi connectivity index (χ2n) is 5.26. The van der Waals surface area contributed by atoms with Crippen molar-refractivity contribution in [3.63, 3.8) is 0 Å². The topological polar surface area (TPSA) is 79.0 Å². The van der Waals surface area contributed by atoms with E-state index in [9.17, 15) is 21.4 Å². The van der Waals surface area contributed by atoms with Gasteiger partial charge in [-0.25, -0.2) is 17.2 Å². The Kier molecular flexibility index (Phi) is 5.00. The van der Waals surface area contributed by atoms with Gasteiger partial charge in [-0.15, -0.1) is 0 Å². The van der Waals surface area contributed by atoms with Crippen LogP contribution in [0.5, 0.6) is 0 Å². The molecule has 2 N–H and O–H groups in total. The lowest BCUT2D eigenvalue weighted by Gasteiger charge is -2.09. The maximum Gasteiger partial charge on any atom is 0.264 e. The molecular weight excluding hydrogens is 429 g/mol. The Bertz CT molecular complexity index is 1160. The molecule has 1 aromatic heterocycles. The molecular formula is C15H10Cl2F2N2O3S2. The molecule has 0 saturated carbocycles. The minimum atomic E-state index is -4.26. The van der Waals surface area contributed by atoms with Gasteiger partial charge in [-0.3, -0.25) is 8.93 Å². The van der Waals surface area contributed by atoms with Gasteiger partial charge in [0.2, 0.25) is 0 Å². The number of nitrogens with one attached hydrogen (secondary N) is 2. The fraction of sp³-hybridized carbons (Fsp3) is 0.0667. The number of hydrogen-bond donors (Lipinski definition) is 2. The molecule has 0 spiro atoms. The van der Waals surface area contributed by atoms with Gasteiger partial charge in [0.1, 0.15) is 16.5 Å². The maximum atomic E-state index is 13.9. The number of aromatic nitrogens is 1. The molecule has 1 unspecified atom stereocenters. The van der Waals surface area contributed by atoms with Crippen LogP contribution in [0.3, 0.4) is 0 Å². The van der Waals surface area contributed by atoms with Gasteiger partial charge in [0.25, 0.3) is 10.0 Å². The van der Waals surface area contributed by atoms with E-state index in [1.54, 1.807) is 0 Å². The predicted octanol–water partition coefficient (Wildman–Crippen LogP) is 4.29. The van der Waals surface area contributed by atoms with Crippen LogP contribution in [0.25, 0.3) is 10.9 Å². The van der Waals surface area contributed by atoms with E-state index < -0.39 is 43.2 Å². The van der Waals surface area contributed by atoms with Crippen LogP contribution in [0.2, 0.25) is 10.0 Å². The highest BCUT2D eigenvalue weighted by molar-refractivity contribution is 7.93. The van der Waals surface area contributed by atoms with Crippen LogP contribution in [-0.4, -0.2) is 23.9 Å². The molecule has 0 saturated heterocycles. The fourth-order valence-corrected chi connectivity index (χ4v) is 4.90. The minimum absolute atomic E-state index is 0.119. The smallest absolute Gasteiger partial charge is 0.264 e. The average molecular weight is 439 g/mol. The average Bonchev–Trinajstić information content (AvgIpc) is 2.98. The highest BCUT2D eigenvalue weighted by Crippen LogP contribution is 2.33. The number of benzene rings is 2. The van der Waals surface area contributed by atoms with Crippen LogP contribution in [0.15, 0.2) is 40.3 Å². The van der Waals surface area contributed by atoms with E-state index in [2.05, 4.69) is 4.98 Å². The molecule has 0 aliphatic rings. The molecule has 5 nitrogen and oxygen atoms in total. The predicted molar refractivity (Wildman–Crippen MR) is 97.8 cm³/mol. The molecule has 0 aliphatic carbocycles. The first kappa shape index (κ1) is 19.1. The molecule has 0 amide bonds. The third kappa shape index (κ3) is 3.32. The summed E-state index contributed by atoms with van der Waals surface area (Å²) in [5, 5.41) is -0.135.